The normalized spacial score (nSPS) is 17.5. The standard InChI is InChI=1S/C15H24N2O2S/c1-3-4-14-16-12(9-15(18)19)13(20-14)10-17-7-5-11(2)6-8-17/h11H,3-10H2,1-2H3,(H,18,19). The lowest BCUT2D eigenvalue weighted by Gasteiger charge is -2.29. The summed E-state index contributed by atoms with van der Waals surface area (Å²) < 4.78 is 0. The second-order valence-corrected chi connectivity index (χ2v) is 6.92. The van der Waals surface area contributed by atoms with Gasteiger partial charge in [0.25, 0.3) is 0 Å². The van der Waals surface area contributed by atoms with Crippen LogP contribution in [0.5, 0.6) is 0 Å². The fourth-order valence-corrected chi connectivity index (χ4v) is 3.81. The van der Waals surface area contributed by atoms with Gasteiger partial charge < -0.3 is 5.11 Å². The molecule has 20 heavy (non-hydrogen) atoms. The molecule has 0 bridgehead atoms. The molecule has 2 heterocycles. The first-order valence-corrected chi connectivity index (χ1v) is 8.31. The molecule has 0 spiro atoms. The number of hydrogen-bond acceptors (Lipinski definition) is 4. The zero-order valence-corrected chi connectivity index (χ0v) is 13.2. The summed E-state index contributed by atoms with van der Waals surface area (Å²) in [5.74, 6) is 0.0358. The number of carboxylic acids is 1. The highest BCUT2D eigenvalue weighted by Gasteiger charge is 2.20. The lowest BCUT2D eigenvalue weighted by molar-refractivity contribution is -0.136. The number of aryl methyl sites for hydroxylation is 1. The molecule has 1 aromatic rings. The first-order chi connectivity index (χ1) is 9.58. The lowest BCUT2D eigenvalue weighted by Crippen LogP contribution is -2.32. The molecule has 0 radical (unpaired) electrons. The molecule has 112 valence electrons. The van der Waals surface area contributed by atoms with Crippen LogP contribution in [0, 0.1) is 5.92 Å². The number of carboxylic acid groups (broad SMARTS) is 1. The van der Waals surface area contributed by atoms with Crippen molar-refractivity contribution in [2.24, 2.45) is 5.92 Å². The minimum atomic E-state index is -0.785. The summed E-state index contributed by atoms with van der Waals surface area (Å²) >= 11 is 1.70. The Hall–Kier alpha value is -0.940. The smallest absolute Gasteiger partial charge is 0.309 e. The number of likely N-dealkylation sites (tertiary alicyclic amines) is 1. The number of thiazole rings is 1. The van der Waals surface area contributed by atoms with Crippen LogP contribution in [0.4, 0.5) is 0 Å². The van der Waals surface area contributed by atoms with E-state index < -0.39 is 5.97 Å². The summed E-state index contributed by atoms with van der Waals surface area (Å²) in [6, 6.07) is 0. The average Bonchev–Trinajstić information content (AvgIpc) is 2.74. The van der Waals surface area contributed by atoms with E-state index >= 15 is 0 Å². The number of hydrogen-bond donors (Lipinski definition) is 1. The first kappa shape index (κ1) is 15.4. The molecule has 0 unspecified atom stereocenters. The molecule has 0 aromatic carbocycles. The van der Waals surface area contributed by atoms with Crippen LogP contribution in [-0.2, 0) is 24.2 Å². The maximum absolute atomic E-state index is 11.0. The number of rotatable bonds is 6. The van der Waals surface area contributed by atoms with Gasteiger partial charge in [0.1, 0.15) is 0 Å². The minimum absolute atomic E-state index is 0.0553. The van der Waals surface area contributed by atoms with Crippen molar-refractivity contribution in [3.63, 3.8) is 0 Å². The highest BCUT2D eigenvalue weighted by molar-refractivity contribution is 7.11. The van der Waals surface area contributed by atoms with Crippen molar-refractivity contribution in [1.29, 1.82) is 0 Å². The molecule has 2 rings (SSSR count). The number of aromatic nitrogens is 1. The minimum Gasteiger partial charge on any atom is -0.481 e. The largest absolute Gasteiger partial charge is 0.481 e. The van der Waals surface area contributed by atoms with Crippen molar-refractivity contribution >= 4 is 17.3 Å². The fourth-order valence-electron chi connectivity index (χ4n) is 2.59. The molecule has 0 atom stereocenters. The van der Waals surface area contributed by atoms with Crippen molar-refractivity contribution in [2.75, 3.05) is 13.1 Å². The van der Waals surface area contributed by atoms with Crippen molar-refractivity contribution in [3.05, 3.63) is 15.6 Å². The van der Waals surface area contributed by atoms with Crippen LogP contribution in [0.25, 0.3) is 0 Å². The summed E-state index contributed by atoms with van der Waals surface area (Å²) in [4.78, 5) is 19.1. The maximum atomic E-state index is 11.0. The van der Waals surface area contributed by atoms with Gasteiger partial charge in [-0.15, -0.1) is 11.3 Å². The van der Waals surface area contributed by atoms with Gasteiger partial charge in [-0.3, -0.25) is 9.69 Å². The third-order valence-electron chi connectivity index (χ3n) is 3.85. The zero-order chi connectivity index (χ0) is 14.5. The fraction of sp³-hybridized carbons (Fsp3) is 0.733. The lowest BCUT2D eigenvalue weighted by atomic mass is 9.99. The van der Waals surface area contributed by atoms with Gasteiger partial charge in [0.05, 0.1) is 17.1 Å². The molecule has 1 aliphatic rings. The molecule has 1 N–H and O–H groups in total. The summed E-state index contributed by atoms with van der Waals surface area (Å²) in [5, 5.41) is 10.1. The highest BCUT2D eigenvalue weighted by atomic mass is 32.1. The van der Waals surface area contributed by atoms with Crippen molar-refractivity contribution in [1.82, 2.24) is 9.88 Å². The third kappa shape index (κ3) is 4.28. The number of nitrogens with zero attached hydrogens (tertiary/aromatic N) is 2. The Labute approximate surface area is 124 Å². The molecule has 1 saturated heterocycles. The van der Waals surface area contributed by atoms with E-state index in [0.717, 1.165) is 54.0 Å². The van der Waals surface area contributed by atoms with Crippen LogP contribution in [0.1, 0.15) is 48.7 Å². The second-order valence-electron chi connectivity index (χ2n) is 5.76. The topological polar surface area (TPSA) is 53.4 Å². The molecule has 0 amide bonds. The van der Waals surface area contributed by atoms with Gasteiger partial charge in [-0.25, -0.2) is 4.98 Å². The Kier molecular flexibility index (Phi) is 5.54. The van der Waals surface area contributed by atoms with Crippen LogP contribution < -0.4 is 0 Å². The van der Waals surface area contributed by atoms with E-state index in [1.165, 1.54) is 12.8 Å². The van der Waals surface area contributed by atoms with Crippen molar-refractivity contribution < 1.29 is 9.90 Å². The monoisotopic (exact) mass is 296 g/mol. The van der Waals surface area contributed by atoms with Crippen molar-refractivity contribution in [2.45, 2.75) is 52.5 Å². The molecule has 1 aromatic heterocycles. The molecule has 4 nitrogen and oxygen atoms in total. The first-order valence-electron chi connectivity index (χ1n) is 7.50. The van der Waals surface area contributed by atoms with E-state index in [1.807, 2.05) is 0 Å². The number of carbonyl (C=O) groups is 1. The molecule has 5 heteroatoms. The van der Waals surface area contributed by atoms with Crippen LogP contribution in [-0.4, -0.2) is 34.0 Å². The third-order valence-corrected chi connectivity index (χ3v) is 4.99. The number of piperidine rings is 1. The van der Waals surface area contributed by atoms with Crippen molar-refractivity contribution in [3.8, 4) is 0 Å². The van der Waals surface area contributed by atoms with Gasteiger partial charge in [0.15, 0.2) is 0 Å². The predicted molar refractivity (Wildman–Crippen MR) is 81.1 cm³/mol. The molecule has 0 saturated carbocycles. The van der Waals surface area contributed by atoms with Crippen LogP contribution >= 0.6 is 11.3 Å². The molecular weight excluding hydrogens is 272 g/mol. The van der Waals surface area contributed by atoms with E-state index in [4.69, 9.17) is 5.11 Å². The Bertz CT molecular complexity index is 451. The Morgan fingerprint density at radius 2 is 2.15 bits per heavy atom. The Morgan fingerprint density at radius 3 is 2.75 bits per heavy atom. The number of aliphatic carboxylic acids is 1. The molecule has 1 aliphatic heterocycles. The average molecular weight is 296 g/mol. The van der Waals surface area contributed by atoms with E-state index in [0.29, 0.717) is 0 Å². The van der Waals surface area contributed by atoms with Gasteiger partial charge in [-0.2, -0.15) is 0 Å². The van der Waals surface area contributed by atoms with E-state index in [9.17, 15) is 4.79 Å². The van der Waals surface area contributed by atoms with Gasteiger partial charge in [-0.05, 0) is 44.7 Å². The summed E-state index contributed by atoms with van der Waals surface area (Å²) in [6.07, 6.45) is 4.55. The molecule has 1 fully saturated rings. The highest BCUT2D eigenvalue weighted by Crippen LogP contribution is 2.25. The zero-order valence-electron chi connectivity index (χ0n) is 12.4. The van der Waals surface area contributed by atoms with E-state index in [-0.39, 0.29) is 6.42 Å². The molecular formula is C15H24N2O2S. The van der Waals surface area contributed by atoms with Crippen LogP contribution in [0.3, 0.4) is 0 Å². The quantitative estimate of drug-likeness (QED) is 0.877. The SMILES string of the molecule is CCCc1nc(CC(=O)O)c(CN2CCC(C)CC2)s1. The Balaban J connectivity index is 2.06. The summed E-state index contributed by atoms with van der Waals surface area (Å²) in [5.41, 5.74) is 0.782. The molecule has 0 aliphatic carbocycles. The van der Waals surface area contributed by atoms with Gasteiger partial charge in [-0.1, -0.05) is 13.8 Å². The predicted octanol–water partition coefficient (Wildman–Crippen LogP) is 2.95. The van der Waals surface area contributed by atoms with Gasteiger partial charge in [0.2, 0.25) is 0 Å². The van der Waals surface area contributed by atoms with E-state index in [2.05, 4.69) is 23.7 Å². The maximum Gasteiger partial charge on any atom is 0.309 e. The van der Waals surface area contributed by atoms with Crippen LogP contribution in [0.15, 0.2) is 0 Å². The van der Waals surface area contributed by atoms with Gasteiger partial charge >= 0.3 is 5.97 Å². The summed E-state index contributed by atoms with van der Waals surface area (Å²) in [7, 11) is 0. The Morgan fingerprint density at radius 1 is 1.45 bits per heavy atom. The van der Waals surface area contributed by atoms with Gasteiger partial charge in [0, 0.05) is 11.4 Å². The van der Waals surface area contributed by atoms with Crippen LogP contribution in [0.2, 0.25) is 0 Å². The van der Waals surface area contributed by atoms with E-state index in [1.54, 1.807) is 11.3 Å². The second kappa shape index (κ2) is 7.18. The summed E-state index contributed by atoms with van der Waals surface area (Å²) in [6.45, 7) is 7.54.